The number of rotatable bonds is 4. The Kier molecular flexibility index (Phi) is 5.62. The highest BCUT2D eigenvalue weighted by molar-refractivity contribution is 5.84. The summed E-state index contributed by atoms with van der Waals surface area (Å²) in [6.07, 6.45) is 0. The Bertz CT molecular complexity index is 1090. The van der Waals surface area contributed by atoms with Crippen molar-refractivity contribution in [2.24, 2.45) is 0 Å². The Hall–Kier alpha value is -3.08. The van der Waals surface area contributed by atoms with Gasteiger partial charge in [-0.3, -0.25) is 4.79 Å². The topological polar surface area (TPSA) is 45.7 Å². The summed E-state index contributed by atoms with van der Waals surface area (Å²) < 4.78 is 5.92. The number of fused-ring (bicyclic) bond motifs is 1. The first-order valence-electron chi connectivity index (χ1n) is 10.5. The molecule has 1 aromatic heterocycles. The average Bonchev–Trinajstić information content (AvgIpc) is 2.76. The first kappa shape index (κ1) is 20.2. The van der Waals surface area contributed by atoms with Crippen LogP contribution in [0.1, 0.15) is 22.3 Å². The molecule has 0 aliphatic carbocycles. The van der Waals surface area contributed by atoms with E-state index < -0.39 is 0 Å². The highest BCUT2D eigenvalue weighted by atomic mass is 16.5. The summed E-state index contributed by atoms with van der Waals surface area (Å²) in [5.74, 6) is 1.86. The number of carbonyl (C=O) groups excluding carboxylic acids is 1. The third-order valence-electron chi connectivity index (χ3n) is 6.08. The molecule has 0 spiro atoms. The molecule has 5 heteroatoms. The number of ether oxygens (including phenoxy) is 1. The number of hydrogen-bond acceptors (Lipinski definition) is 4. The molecular weight excluding hydrogens is 374 g/mol. The van der Waals surface area contributed by atoms with Crippen molar-refractivity contribution in [3.8, 4) is 5.75 Å². The molecule has 1 saturated heterocycles. The maximum absolute atomic E-state index is 12.7. The Balaban J connectivity index is 1.38. The van der Waals surface area contributed by atoms with Gasteiger partial charge in [0, 0.05) is 31.6 Å². The molecule has 30 heavy (non-hydrogen) atoms. The largest absolute Gasteiger partial charge is 0.483 e. The number of nitrogens with zero attached hydrogens (tertiary/aromatic N) is 3. The van der Waals surface area contributed by atoms with Gasteiger partial charge in [-0.25, -0.2) is 4.98 Å². The minimum atomic E-state index is 0.0395. The molecule has 2 heterocycles. The lowest BCUT2D eigenvalue weighted by molar-refractivity contribution is -0.133. The van der Waals surface area contributed by atoms with E-state index in [1.54, 1.807) is 0 Å². The zero-order valence-corrected chi connectivity index (χ0v) is 18.2. The summed E-state index contributed by atoms with van der Waals surface area (Å²) in [7, 11) is 0. The van der Waals surface area contributed by atoms with Gasteiger partial charge in [-0.15, -0.1) is 0 Å². The normalized spacial score (nSPS) is 14.3. The molecule has 156 valence electrons. The number of anilines is 1. The average molecular weight is 404 g/mol. The van der Waals surface area contributed by atoms with Crippen LogP contribution in [-0.4, -0.2) is 48.6 Å². The van der Waals surface area contributed by atoms with Crippen LogP contribution in [0.15, 0.2) is 42.5 Å². The molecule has 0 bridgehead atoms. The molecule has 0 unspecified atom stereocenters. The second-order valence-corrected chi connectivity index (χ2v) is 8.12. The summed E-state index contributed by atoms with van der Waals surface area (Å²) in [4.78, 5) is 21.7. The van der Waals surface area contributed by atoms with Gasteiger partial charge < -0.3 is 14.5 Å². The lowest BCUT2D eigenvalue weighted by Gasteiger charge is -2.35. The summed E-state index contributed by atoms with van der Waals surface area (Å²) in [5.41, 5.74) is 5.59. The van der Waals surface area contributed by atoms with Crippen LogP contribution in [0.4, 0.5) is 5.82 Å². The quantitative estimate of drug-likeness (QED) is 0.655. The number of carbonyl (C=O) groups is 1. The standard InChI is InChI=1S/C25H29N3O2/c1-17-9-10-18(2)25(20(17)4)30-16-24(29)28-13-11-27(12-14-28)23-15-19(3)21-7-5-6-8-22(21)26-23/h5-10,15H,11-14,16H2,1-4H3. The fraction of sp³-hybridized carbons (Fsp3) is 0.360. The van der Waals surface area contributed by atoms with E-state index in [4.69, 9.17) is 9.72 Å². The number of pyridine rings is 1. The van der Waals surface area contributed by atoms with Crippen LogP contribution in [0.25, 0.3) is 10.9 Å². The predicted molar refractivity (Wildman–Crippen MR) is 121 cm³/mol. The zero-order valence-electron chi connectivity index (χ0n) is 18.2. The maximum atomic E-state index is 12.7. The van der Waals surface area contributed by atoms with Crippen LogP contribution >= 0.6 is 0 Å². The van der Waals surface area contributed by atoms with Gasteiger partial charge >= 0.3 is 0 Å². The van der Waals surface area contributed by atoms with Crippen molar-refractivity contribution in [3.05, 3.63) is 64.7 Å². The van der Waals surface area contributed by atoms with Gasteiger partial charge in [0.2, 0.25) is 0 Å². The fourth-order valence-corrected chi connectivity index (χ4v) is 4.05. The van der Waals surface area contributed by atoms with Crippen molar-refractivity contribution in [1.82, 2.24) is 9.88 Å². The summed E-state index contributed by atoms with van der Waals surface area (Å²) >= 11 is 0. The van der Waals surface area contributed by atoms with Gasteiger partial charge in [-0.2, -0.15) is 0 Å². The molecule has 0 saturated carbocycles. The van der Waals surface area contributed by atoms with Crippen molar-refractivity contribution < 1.29 is 9.53 Å². The van der Waals surface area contributed by atoms with Crippen molar-refractivity contribution in [2.45, 2.75) is 27.7 Å². The number of benzene rings is 2. The number of aromatic nitrogens is 1. The van der Waals surface area contributed by atoms with Crippen molar-refractivity contribution in [2.75, 3.05) is 37.7 Å². The molecule has 0 atom stereocenters. The zero-order chi connectivity index (χ0) is 21.3. The van der Waals surface area contributed by atoms with E-state index in [9.17, 15) is 4.79 Å². The minimum absolute atomic E-state index is 0.0395. The Morgan fingerprint density at radius 2 is 1.63 bits per heavy atom. The second-order valence-electron chi connectivity index (χ2n) is 8.12. The molecule has 2 aromatic carbocycles. The molecule has 1 aliphatic rings. The van der Waals surface area contributed by atoms with Crippen LogP contribution in [0.5, 0.6) is 5.75 Å². The maximum Gasteiger partial charge on any atom is 0.260 e. The van der Waals surface area contributed by atoms with E-state index in [0.29, 0.717) is 13.1 Å². The first-order valence-corrected chi connectivity index (χ1v) is 10.5. The van der Waals surface area contributed by atoms with E-state index in [1.807, 2.05) is 36.9 Å². The van der Waals surface area contributed by atoms with Gasteiger partial charge in [0.05, 0.1) is 5.52 Å². The number of piperazine rings is 1. The molecule has 0 N–H and O–H groups in total. The highest BCUT2D eigenvalue weighted by Gasteiger charge is 2.23. The molecule has 1 amide bonds. The van der Waals surface area contributed by atoms with Crippen LogP contribution in [-0.2, 0) is 4.79 Å². The minimum Gasteiger partial charge on any atom is -0.483 e. The van der Waals surface area contributed by atoms with Gasteiger partial charge in [-0.1, -0.05) is 30.3 Å². The van der Waals surface area contributed by atoms with Gasteiger partial charge in [0.15, 0.2) is 6.61 Å². The molecule has 3 aromatic rings. The lowest BCUT2D eigenvalue weighted by atomic mass is 10.1. The van der Waals surface area contributed by atoms with E-state index in [1.165, 1.54) is 16.5 Å². The van der Waals surface area contributed by atoms with E-state index in [2.05, 4.69) is 43.0 Å². The van der Waals surface area contributed by atoms with Crippen molar-refractivity contribution in [3.63, 3.8) is 0 Å². The number of hydrogen-bond donors (Lipinski definition) is 0. The Labute approximate surface area is 178 Å². The van der Waals surface area contributed by atoms with E-state index >= 15 is 0 Å². The lowest BCUT2D eigenvalue weighted by Crippen LogP contribution is -2.50. The smallest absolute Gasteiger partial charge is 0.260 e. The number of para-hydroxylation sites is 1. The van der Waals surface area contributed by atoms with Crippen LogP contribution in [0.3, 0.4) is 0 Å². The molecule has 0 radical (unpaired) electrons. The Morgan fingerprint density at radius 3 is 2.40 bits per heavy atom. The summed E-state index contributed by atoms with van der Waals surface area (Å²) in [6.45, 7) is 11.2. The van der Waals surface area contributed by atoms with Crippen LogP contribution in [0, 0.1) is 27.7 Å². The monoisotopic (exact) mass is 403 g/mol. The van der Waals surface area contributed by atoms with Gasteiger partial charge in [-0.05, 0) is 62.1 Å². The van der Waals surface area contributed by atoms with E-state index in [-0.39, 0.29) is 12.5 Å². The predicted octanol–water partition coefficient (Wildman–Crippen LogP) is 4.20. The van der Waals surface area contributed by atoms with Crippen molar-refractivity contribution >= 4 is 22.6 Å². The van der Waals surface area contributed by atoms with Gasteiger partial charge in [0.25, 0.3) is 5.91 Å². The fourth-order valence-electron chi connectivity index (χ4n) is 4.05. The number of amides is 1. The SMILES string of the molecule is Cc1ccc(C)c(OCC(=O)N2CCN(c3cc(C)c4ccccc4n3)CC2)c1C. The molecule has 1 fully saturated rings. The third-order valence-corrected chi connectivity index (χ3v) is 6.08. The third kappa shape index (κ3) is 3.97. The Morgan fingerprint density at radius 1 is 0.933 bits per heavy atom. The first-order chi connectivity index (χ1) is 14.4. The second kappa shape index (κ2) is 8.34. The molecule has 5 nitrogen and oxygen atoms in total. The summed E-state index contributed by atoms with van der Waals surface area (Å²) in [6, 6.07) is 14.5. The van der Waals surface area contributed by atoms with Crippen molar-refractivity contribution in [1.29, 1.82) is 0 Å². The van der Waals surface area contributed by atoms with Crippen LogP contribution in [0.2, 0.25) is 0 Å². The highest BCUT2D eigenvalue weighted by Crippen LogP contribution is 2.26. The van der Waals surface area contributed by atoms with Crippen LogP contribution < -0.4 is 9.64 Å². The number of aryl methyl sites for hydroxylation is 3. The molecular formula is C25H29N3O2. The van der Waals surface area contributed by atoms with Gasteiger partial charge in [0.1, 0.15) is 11.6 Å². The summed E-state index contributed by atoms with van der Waals surface area (Å²) in [5, 5.41) is 1.19. The molecule has 4 rings (SSSR count). The van der Waals surface area contributed by atoms with E-state index in [0.717, 1.165) is 41.3 Å². The molecule has 1 aliphatic heterocycles.